The van der Waals surface area contributed by atoms with Crippen molar-refractivity contribution in [3.8, 4) is 11.5 Å². The van der Waals surface area contributed by atoms with Gasteiger partial charge in [-0.2, -0.15) is 0 Å². The van der Waals surface area contributed by atoms with Crippen LogP contribution in [0.4, 0.5) is 5.95 Å². The molecule has 3 rings (SSSR count). The van der Waals surface area contributed by atoms with Crippen molar-refractivity contribution < 1.29 is 0 Å². The number of imidazole rings is 1. The van der Waals surface area contributed by atoms with Gasteiger partial charge in [-0.05, 0) is 11.4 Å². The molecule has 3 aromatic heterocycles. The van der Waals surface area contributed by atoms with Crippen molar-refractivity contribution in [3.63, 3.8) is 0 Å². The quantitative estimate of drug-likeness (QED) is 0.707. The van der Waals surface area contributed by atoms with Crippen LogP contribution < -0.4 is 4.90 Å². The van der Waals surface area contributed by atoms with Gasteiger partial charge in [-0.3, -0.25) is 0 Å². The van der Waals surface area contributed by atoms with E-state index in [1.165, 1.54) is 0 Å². The van der Waals surface area contributed by atoms with E-state index in [-0.39, 0.29) is 0 Å². The van der Waals surface area contributed by atoms with Crippen LogP contribution in [0.25, 0.3) is 21.7 Å². The van der Waals surface area contributed by atoms with Crippen LogP contribution in [0.15, 0.2) is 23.8 Å². The van der Waals surface area contributed by atoms with Crippen molar-refractivity contribution in [2.45, 2.75) is 0 Å². The second kappa shape index (κ2) is 4.06. The minimum atomic E-state index is 0.707. The van der Waals surface area contributed by atoms with Crippen molar-refractivity contribution >= 4 is 27.5 Å². The number of anilines is 1. The molecule has 0 aliphatic rings. The predicted octanol–water partition coefficient (Wildman–Crippen LogP) is 2.16. The standard InChI is InChI=1S/C12H13N5S/c1-16(2)12-14-8-4-7-18-10(8)9(15-12)11-13-5-6-17(11)3/h4-7H,1-3H3. The summed E-state index contributed by atoms with van der Waals surface area (Å²) in [7, 11) is 5.85. The molecule has 0 aliphatic heterocycles. The summed E-state index contributed by atoms with van der Waals surface area (Å²) < 4.78 is 3.05. The van der Waals surface area contributed by atoms with E-state index in [0.29, 0.717) is 5.95 Å². The maximum atomic E-state index is 4.62. The van der Waals surface area contributed by atoms with Crippen LogP contribution in [0, 0.1) is 0 Å². The van der Waals surface area contributed by atoms with Gasteiger partial charge in [0.05, 0.1) is 10.2 Å². The van der Waals surface area contributed by atoms with E-state index in [0.717, 1.165) is 21.7 Å². The van der Waals surface area contributed by atoms with Crippen LogP contribution >= 0.6 is 11.3 Å². The van der Waals surface area contributed by atoms with Crippen molar-refractivity contribution in [3.05, 3.63) is 23.8 Å². The highest BCUT2D eigenvalue weighted by atomic mass is 32.1. The number of aromatic nitrogens is 4. The minimum Gasteiger partial charge on any atom is -0.347 e. The third kappa shape index (κ3) is 1.65. The zero-order valence-corrected chi connectivity index (χ0v) is 11.3. The molecule has 18 heavy (non-hydrogen) atoms. The Morgan fingerprint density at radius 1 is 1.28 bits per heavy atom. The van der Waals surface area contributed by atoms with Gasteiger partial charge in [0.1, 0.15) is 5.69 Å². The van der Waals surface area contributed by atoms with Gasteiger partial charge in [-0.15, -0.1) is 11.3 Å². The third-order valence-electron chi connectivity index (χ3n) is 2.72. The number of fused-ring (bicyclic) bond motifs is 1. The summed E-state index contributed by atoms with van der Waals surface area (Å²) in [4.78, 5) is 15.4. The maximum Gasteiger partial charge on any atom is 0.226 e. The molecule has 0 saturated heterocycles. The molecular formula is C12H13N5S. The van der Waals surface area contributed by atoms with Gasteiger partial charge in [-0.25, -0.2) is 15.0 Å². The Morgan fingerprint density at radius 3 is 2.78 bits per heavy atom. The monoisotopic (exact) mass is 259 g/mol. The molecule has 3 aromatic rings. The molecule has 3 heterocycles. The van der Waals surface area contributed by atoms with E-state index in [2.05, 4.69) is 15.0 Å². The highest BCUT2D eigenvalue weighted by Crippen LogP contribution is 2.30. The van der Waals surface area contributed by atoms with Crippen LogP contribution in [0.5, 0.6) is 0 Å². The molecule has 92 valence electrons. The number of aryl methyl sites for hydroxylation is 1. The largest absolute Gasteiger partial charge is 0.347 e. The highest BCUT2D eigenvalue weighted by molar-refractivity contribution is 7.17. The zero-order chi connectivity index (χ0) is 12.7. The number of nitrogens with zero attached hydrogens (tertiary/aromatic N) is 5. The Labute approximate surface area is 109 Å². The molecule has 0 fully saturated rings. The Balaban J connectivity index is 2.33. The van der Waals surface area contributed by atoms with E-state index in [4.69, 9.17) is 0 Å². The average molecular weight is 259 g/mol. The normalized spacial score (nSPS) is 11.1. The van der Waals surface area contributed by atoms with E-state index in [9.17, 15) is 0 Å². The Hall–Kier alpha value is -1.95. The lowest BCUT2D eigenvalue weighted by Gasteiger charge is -2.11. The Kier molecular flexibility index (Phi) is 2.52. The zero-order valence-electron chi connectivity index (χ0n) is 10.5. The third-order valence-corrected chi connectivity index (χ3v) is 3.64. The first-order valence-electron chi connectivity index (χ1n) is 5.57. The van der Waals surface area contributed by atoms with Gasteiger partial charge in [0.25, 0.3) is 0 Å². The van der Waals surface area contributed by atoms with Gasteiger partial charge < -0.3 is 9.47 Å². The molecule has 0 N–H and O–H groups in total. The minimum absolute atomic E-state index is 0.707. The van der Waals surface area contributed by atoms with Crippen LogP contribution in [0.2, 0.25) is 0 Å². The molecule has 5 nitrogen and oxygen atoms in total. The lowest BCUT2D eigenvalue weighted by Crippen LogP contribution is -2.13. The number of rotatable bonds is 2. The lowest BCUT2D eigenvalue weighted by molar-refractivity contribution is 0.915. The molecule has 0 spiro atoms. The fourth-order valence-corrected chi connectivity index (χ4v) is 2.61. The fourth-order valence-electron chi connectivity index (χ4n) is 1.80. The van der Waals surface area contributed by atoms with E-state index >= 15 is 0 Å². The van der Waals surface area contributed by atoms with Crippen LogP contribution in [0.1, 0.15) is 0 Å². The molecule has 0 aliphatic carbocycles. The van der Waals surface area contributed by atoms with E-state index < -0.39 is 0 Å². The first kappa shape index (κ1) is 11.2. The molecule has 0 radical (unpaired) electrons. The summed E-state index contributed by atoms with van der Waals surface area (Å²) in [6.45, 7) is 0. The SMILES string of the molecule is CN(C)c1nc(-c2nccn2C)c2sccc2n1. The van der Waals surface area contributed by atoms with Crippen LogP contribution in [0.3, 0.4) is 0 Å². The second-order valence-corrected chi connectivity index (χ2v) is 5.18. The summed E-state index contributed by atoms with van der Waals surface area (Å²) in [5.74, 6) is 1.58. The highest BCUT2D eigenvalue weighted by Gasteiger charge is 2.14. The van der Waals surface area contributed by atoms with Gasteiger partial charge in [0.2, 0.25) is 5.95 Å². The summed E-state index contributed by atoms with van der Waals surface area (Å²) in [5, 5.41) is 2.03. The van der Waals surface area contributed by atoms with Gasteiger partial charge in [-0.1, -0.05) is 0 Å². The van der Waals surface area contributed by atoms with Crippen molar-refractivity contribution in [1.82, 2.24) is 19.5 Å². The Bertz CT molecular complexity index is 697. The van der Waals surface area contributed by atoms with Gasteiger partial charge in [0, 0.05) is 33.5 Å². The molecule has 6 heteroatoms. The van der Waals surface area contributed by atoms with Crippen molar-refractivity contribution in [1.29, 1.82) is 0 Å². The summed E-state index contributed by atoms with van der Waals surface area (Å²) in [5.41, 5.74) is 1.86. The topological polar surface area (TPSA) is 46.8 Å². The average Bonchev–Trinajstić information content (AvgIpc) is 2.95. The molecule has 0 amide bonds. The summed E-state index contributed by atoms with van der Waals surface area (Å²) in [6, 6.07) is 2.02. The fraction of sp³-hybridized carbons (Fsp3) is 0.250. The molecular weight excluding hydrogens is 246 g/mol. The van der Waals surface area contributed by atoms with Crippen LogP contribution in [-0.4, -0.2) is 33.6 Å². The summed E-state index contributed by atoms with van der Waals surface area (Å²) in [6.07, 6.45) is 3.71. The number of thiophene rings is 1. The lowest BCUT2D eigenvalue weighted by atomic mass is 10.3. The number of hydrogen-bond acceptors (Lipinski definition) is 5. The Morgan fingerprint density at radius 2 is 2.11 bits per heavy atom. The molecule has 0 atom stereocenters. The van der Waals surface area contributed by atoms with E-state index in [1.807, 2.05) is 48.3 Å². The van der Waals surface area contributed by atoms with Crippen LogP contribution in [-0.2, 0) is 7.05 Å². The van der Waals surface area contributed by atoms with Gasteiger partial charge >= 0.3 is 0 Å². The maximum absolute atomic E-state index is 4.62. The first-order chi connectivity index (χ1) is 8.66. The smallest absolute Gasteiger partial charge is 0.226 e. The summed E-state index contributed by atoms with van der Waals surface area (Å²) >= 11 is 1.64. The molecule has 0 saturated carbocycles. The van der Waals surface area contributed by atoms with E-state index in [1.54, 1.807) is 17.5 Å². The molecule has 0 unspecified atom stereocenters. The predicted molar refractivity (Wildman–Crippen MR) is 73.9 cm³/mol. The van der Waals surface area contributed by atoms with Gasteiger partial charge in [0.15, 0.2) is 5.82 Å². The van der Waals surface area contributed by atoms with Crippen molar-refractivity contribution in [2.75, 3.05) is 19.0 Å². The van der Waals surface area contributed by atoms with Crippen molar-refractivity contribution in [2.24, 2.45) is 7.05 Å². The second-order valence-electron chi connectivity index (χ2n) is 4.26. The number of hydrogen-bond donors (Lipinski definition) is 0. The molecule has 0 bridgehead atoms. The molecule has 0 aromatic carbocycles. The first-order valence-corrected chi connectivity index (χ1v) is 6.45.